The number of carbonyl (C=O) groups excluding carboxylic acids is 4. The lowest BCUT2D eigenvalue weighted by Crippen LogP contribution is -2.53. The molecule has 1 saturated heterocycles. The van der Waals surface area contributed by atoms with Crippen LogP contribution in [0.15, 0.2) is 17.1 Å². The predicted octanol–water partition coefficient (Wildman–Crippen LogP) is -1.09. The molecule has 12 N–H and O–H groups in total. The number of aliphatic hydroxyl groups is 1. The smallest absolute Gasteiger partial charge is 0.481 e. The molecule has 32 heteroatoms. The maximum Gasteiger partial charge on any atom is 0.490 e. The van der Waals surface area contributed by atoms with E-state index in [9.17, 15) is 62.2 Å². The molecule has 1 aliphatic heterocycles. The number of aliphatic hydroxyl groups excluding tert-OH is 1. The van der Waals surface area contributed by atoms with E-state index in [1.54, 1.807) is 0 Å². The van der Waals surface area contributed by atoms with Crippen molar-refractivity contribution in [3.63, 3.8) is 0 Å². The van der Waals surface area contributed by atoms with Gasteiger partial charge in [-0.3, -0.25) is 43.2 Å². The number of aromatic nitrogens is 2. The molecule has 4 amide bonds. The highest BCUT2D eigenvalue weighted by molar-refractivity contribution is 8.76. The van der Waals surface area contributed by atoms with Crippen molar-refractivity contribution < 1.29 is 95.2 Å². The summed E-state index contributed by atoms with van der Waals surface area (Å²) in [6.45, 7) is -0.947. The molecule has 5 unspecified atom stereocenters. The van der Waals surface area contributed by atoms with Crippen molar-refractivity contribution in [2.45, 2.75) is 81.9 Å². The van der Waals surface area contributed by atoms with Crippen molar-refractivity contribution in [1.29, 1.82) is 0 Å². The van der Waals surface area contributed by atoms with Crippen molar-refractivity contribution in [2.24, 2.45) is 5.73 Å². The van der Waals surface area contributed by atoms with Crippen LogP contribution in [-0.4, -0.2) is 122 Å². The maximum atomic E-state index is 12.6. The Morgan fingerprint density at radius 3 is 2.19 bits per heavy atom. The molecule has 328 valence electrons. The highest BCUT2D eigenvalue weighted by atomic mass is 33.1. The molecule has 27 nitrogen and oxygen atoms in total. The summed E-state index contributed by atoms with van der Waals surface area (Å²) >= 11 is 0. The van der Waals surface area contributed by atoms with E-state index in [2.05, 4.69) is 23.4 Å². The topological polar surface area (TPSA) is 429 Å². The number of imide groups is 1. The second-order valence-corrected chi connectivity index (χ2v) is 19.0. The number of aliphatic carboxylic acids is 2. The Balaban J connectivity index is 1.67. The third kappa shape index (κ3) is 20.2. The molecule has 0 saturated carbocycles. The molecule has 0 spiro atoms. The SMILES string of the molecule is N[C@@H](CC(=O)O)C(=O)N[C@@H](CC(=O)O)C(=O)NC(=O)CCCCCSSCCC(=O)Nc1ccn(C2CC(O)C(COP(=O)(O)OP(=O)(O)OP(=O)(O)O)O2)c(=O)n1. The van der Waals surface area contributed by atoms with Gasteiger partial charge in [0.15, 0.2) is 0 Å². The number of hydrogen-bond donors (Lipinski definition) is 11. The van der Waals surface area contributed by atoms with Crippen molar-refractivity contribution in [3.05, 3.63) is 22.7 Å². The Morgan fingerprint density at radius 1 is 0.914 bits per heavy atom. The highest BCUT2D eigenvalue weighted by Gasteiger charge is 2.43. The minimum absolute atomic E-state index is 0.0423. The van der Waals surface area contributed by atoms with Gasteiger partial charge in [0.2, 0.25) is 23.6 Å². The number of rotatable bonds is 26. The standard InChI is InChI=1S/C26H41N6O21P3S2/c27-14(10-22(36)37)24(40)28-15(11-23(38)39)25(41)31-19(34)4-2-1-3-8-57-58-9-6-20(35)29-18-5-7-32(26(42)30-18)21-12-16(33)17(51-21)13-50-55(46,47)53-56(48,49)52-54(43,44)45/h5,7,14-17,21,33H,1-4,6,8-13,27H2,(H,28,40)(H,36,37)(H,38,39)(H,46,47)(H,48,49)(H,31,34,41)(H2,43,44,45)(H,29,30,35,42)/t14-,15-,16?,17?,21?/m0/s1. The zero-order valence-corrected chi connectivity index (χ0v) is 34.1. The Labute approximate surface area is 335 Å². The van der Waals surface area contributed by atoms with Crippen LogP contribution in [0.2, 0.25) is 0 Å². The van der Waals surface area contributed by atoms with Crippen LogP contribution in [0.3, 0.4) is 0 Å². The monoisotopic (exact) mass is 930 g/mol. The van der Waals surface area contributed by atoms with Gasteiger partial charge in [-0.2, -0.15) is 13.6 Å². The van der Waals surface area contributed by atoms with Crippen LogP contribution in [0.5, 0.6) is 0 Å². The van der Waals surface area contributed by atoms with E-state index in [1.165, 1.54) is 33.9 Å². The van der Waals surface area contributed by atoms with E-state index >= 15 is 0 Å². The molecule has 0 aliphatic carbocycles. The van der Waals surface area contributed by atoms with E-state index in [1.807, 2.05) is 10.6 Å². The van der Waals surface area contributed by atoms with Crippen LogP contribution in [-0.2, 0) is 60.3 Å². The quantitative estimate of drug-likeness (QED) is 0.0299. The zero-order valence-electron chi connectivity index (χ0n) is 29.8. The van der Waals surface area contributed by atoms with Crippen LogP contribution in [0.4, 0.5) is 5.82 Å². The molecule has 7 atom stereocenters. The van der Waals surface area contributed by atoms with E-state index in [-0.39, 0.29) is 25.1 Å². The molecular formula is C26H41N6O21P3S2. The predicted molar refractivity (Wildman–Crippen MR) is 197 cm³/mol. The lowest BCUT2D eigenvalue weighted by atomic mass is 10.1. The van der Waals surface area contributed by atoms with E-state index in [0.717, 1.165) is 4.57 Å². The fourth-order valence-corrected chi connectivity index (χ4v) is 9.69. The molecule has 0 aromatic carbocycles. The number of phosphoric acid groups is 3. The molecule has 1 aliphatic rings. The summed E-state index contributed by atoms with van der Waals surface area (Å²) in [5, 5.41) is 34.5. The van der Waals surface area contributed by atoms with Crippen LogP contribution in [0, 0.1) is 0 Å². The van der Waals surface area contributed by atoms with E-state index in [4.69, 9.17) is 30.5 Å². The average molecular weight is 931 g/mol. The zero-order chi connectivity index (χ0) is 43.8. The molecule has 1 aromatic heterocycles. The Bertz CT molecular complexity index is 1850. The normalized spacial score (nSPS) is 19.9. The highest BCUT2D eigenvalue weighted by Crippen LogP contribution is 2.66. The first kappa shape index (κ1) is 51.0. The summed E-state index contributed by atoms with van der Waals surface area (Å²) in [6, 6.07) is -1.93. The van der Waals surface area contributed by atoms with Crippen molar-refractivity contribution in [2.75, 3.05) is 23.4 Å². The summed E-state index contributed by atoms with van der Waals surface area (Å²) < 4.78 is 52.2. The van der Waals surface area contributed by atoms with Crippen LogP contribution in [0.1, 0.15) is 57.6 Å². The van der Waals surface area contributed by atoms with Crippen molar-refractivity contribution in [3.8, 4) is 0 Å². The molecule has 1 fully saturated rings. The maximum absolute atomic E-state index is 12.6. The van der Waals surface area contributed by atoms with Gasteiger partial charge in [0.1, 0.15) is 24.2 Å². The minimum atomic E-state index is -5.76. The van der Waals surface area contributed by atoms with Gasteiger partial charge < -0.3 is 56.0 Å². The first-order chi connectivity index (χ1) is 26.9. The lowest BCUT2D eigenvalue weighted by Gasteiger charge is -2.19. The number of anilines is 1. The van der Waals surface area contributed by atoms with Gasteiger partial charge >= 0.3 is 41.1 Å². The minimum Gasteiger partial charge on any atom is -0.481 e. The van der Waals surface area contributed by atoms with Gasteiger partial charge in [0, 0.05) is 37.0 Å². The Kier molecular flexibility index (Phi) is 20.8. The largest absolute Gasteiger partial charge is 0.490 e. The molecule has 0 radical (unpaired) electrons. The average Bonchev–Trinajstić information content (AvgIpc) is 3.43. The van der Waals surface area contributed by atoms with Crippen LogP contribution < -0.4 is 27.4 Å². The number of nitrogens with one attached hydrogen (secondary N) is 3. The van der Waals surface area contributed by atoms with E-state index in [0.29, 0.717) is 30.8 Å². The number of ether oxygens (including phenoxy) is 1. The molecular weight excluding hydrogens is 889 g/mol. The van der Waals surface area contributed by atoms with Gasteiger partial charge in [0.25, 0.3) is 0 Å². The Morgan fingerprint density at radius 2 is 1.57 bits per heavy atom. The molecule has 0 bridgehead atoms. The van der Waals surface area contributed by atoms with Gasteiger partial charge in [-0.05, 0) is 18.9 Å². The molecule has 58 heavy (non-hydrogen) atoms. The summed E-state index contributed by atoms with van der Waals surface area (Å²) in [6.07, 6.45) is -3.07. The summed E-state index contributed by atoms with van der Waals surface area (Å²) in [4.78, 5) is 123. The fourth-order valence-electron chi connectivity index (χ4n) is 4.52. The van der Waals surface area contributed by atoms with Crippen LogP contribution >= 0.6 is 45.1 Å². The number of nitrogens with zero attached hydrogens (tertiary/aromatic N) is 2. The number of hydrogen-bond acceptors (Lipinski definition) is 19. The molecule has 2 heterocycles. The third-order valence-electron chi connectivity index (χ3n) is 7.06. The van der Waals surface area contributed by atoms with Gasteiger partial charge in [-0.25, -0.2) is 18.5 Å². The molecule has 1 aromatic rings. The Hall–Kier alpha value is -3.11. The number of carboxylic acids is 2. The second-order valence-electron chi connectivity index (χ2n) is 11.9. The van der Waals surface area contributed by atoms with Crippen molar-refractivity contribution >= 4 is 86.4 Å². The number of carboxylic acid groups (broad SMARTS) is 2. The number of amides is 4. The summed E-state index contributed by atoms with van der Waals surface area (Å²) in [5.74, 6) is -5.26. The van der Waals surface area contributed by atoms with E-state index < -0.39 is 115 Å². The number of unbranched alkanes of at least 4 members (excludes halogenated alkanes) is 2. The summed E-state index contributed by atoms with van der Waals surface area (Å²) in [5.41, 5.74) is 4.51. The van der Waals surface area contributed by atoms with Gasteiger partial charge in [-0.1, -0.05) is 28.0 Å². The number of phosphoric ester groups is 1. The first-order valence-corrected chi connectivity index (χ1v) is 23.5. The van der Waals surface area contributed by atoms with Gasteiger partial charge in [0.05, 0.1) is 31.6 Å². The number of nitrogens with two attached hydrogens (primary N) is 1. The molecule has 2 rings (SSSR count). The number of carbonyl (C=O) groups is 6. The lowest BCUT2D eigenvalue weighted by molar-refractivity contribution is -0.143. The second kappa shape index (κ2) is 23.6. The summed E-state index contributed by atoms with van der Waals surface area (Å²) in [7, 11) is -14.0. The van der Waals surface area contributed by atoms with Crippen molar-refractivity contribution in [1.82, 2.24) is 20.2 Å². The third-order valence-corrected chi connectivity index (χ3v) is 13.4. The fraction of sp³-hybridized carbons (Fsp3) is 0.615. The van der Waals surface area contributed by atoms with Gasteiger partial charge in [-0.15, -0.1) is 0 Å². The first-order valence-electron chi connectivity index (χ1n) is 16.4. The van der Waals surface area contributed by atoms with Crippen LogP contribution in [0.25, 0.3) is 0 Å².